The van der Waals surface area contributed by atoms with Crippen LogP contribution in [0, 0.1) is 15.9 Å². The summed E-state index contributed by atoms with van der Waals surface area (Å²) >= 11 is 0. The van der Waals surface area contributed by atoms with Gasteiger partial charge in [-0.2, -0.15) is 0 Å². The zero-order valence-corrected chi connectivity index (χ0v) is 15.5. The van der Waals surface area contributed by atoms with Crippen molar-refractivity contribution in [2.45, 2.75) is 6.61 Å². The Morgan fingerprint density at radius 3 is 2.62 bits per heavy atom. The van der Waals surface area contributed by atoms with Crippen LogP contribution >= 0.6 is 0 Å². The average Bonchev–Trinajstić information content (AvgIpc) is 2.72. The lowest BCUT2D eigenvalue weighted by molar-refractivity contribution is -0.384. The zero-order valence-electron chi connectivity index (χ0n) is 15.5. The molecule has 8 heteroatoms. The lowest BCUT2D eigenvalue weighted by Gasteiger charge is -2.10. The highest BCUT2D eigenvalue weighted by Gasteiger charge is 2.17. The maximum atomic E-state index is 13.2. The quantitative estimate of drug-likeness (QED) is 0.450. The number of hydrogen-bond acceptors (Lipinski definition) is 5. The molecule has 0 heterocycles. The lowest BCUT2D eigenvalue weighted by Crippen LogP contribution is -2.13. The van der Waals surface area contributed by atoms with Gasteiger partial charge in [0.2, 0.25) is 0 Å². The van der Waals surface area contributed by atoms with E-state index in [9.17, 15) is 19.3 Å². The van der Waals surface area contributed by atoms with Gasteiger partial charge < -0.3 is 15.4 Å². The molecule has 3 rings (SSSR count). The van der Waals surface area contributed by atoms with E-state index in [0.717, 1.165) is 5.56 Å². The number of ether oxygens (including phenoxy) is 1. The second-order valence-corrected chi connectivity index (χ2v) is 6.14. The summed E-state index contributed by atoms with van der Waals surface area (Å²) < 4.78 is 18.8. The van der Waals surface area contributed by atoms with Gasteiger partial charge in [0.15, 0.2) is 0 Å². The number of halogens is 1. The molecule has 1 amide bonds. The molecule has 0 spiro atoms. The summed E-state index contributed by atoms with van der Waals surface area (Å²) in [7, 11) is 1.57. The summed E-state index contributed by atoms with van der Waals surface area (Å²) in [6, 6.07) is 17.0. The van der Waals surface area contributed by atoms with Crippen LogP contribution in [0.4, 0.5) is 21.5 Å². The molecule has 0 atom stereocenters. The first-order valence-corrected chi connectivity index (χ1v) is 8.71. The number of nitrogens with zero attached hydrogens (tertiary/aromatic N) is 1. The molecule has 0 aromatic heterocycles. The lowest BCUT2D eigenvalue weighted by atomic mass is 10.1. The van der Waals surface area contributed by atoms with E-state index in [2.05, 4.69) is 10.6 Å². The van der Waals surface area contributed by atoms with Crippen molar-refractivity contribution in [3.63, 3.8) is 0 Å². The number of benzene rings is 3. The third-order valence-corrected chi connectivity index (χ3v) is 4.11. The molecule has 29 heavy (non-hydrogen) atoms. The van der Waals surface area contributed by atoms with Crippen LogP contribution in [0.3, 0.4) is 0 Å². The molecule has 0 aliphatic carbocycles. The third kappa shape index (κ3) is 5.07. The van der Waals surface area contributed by atoms with E-state index < -0.39 is 10.8 Å². The minimum Gasteiger partial charge on any atom is -0.489 e. The van der Waals surface area contributed by atoms with E-state index in [1.165, 1.54) is 30.3 Å². The van der Waals surface area contributed by atoms with Crippen LogP contribution in [-0.2, 0) is 6.61 Å². The van der Waals surface area contributed by atoms with Gasteiger partial charge in [-0.3, -0.25) is 14.9 Å². The molecule has 0 saturated heterocycles. The van der Waals surface area contributed by atoms with Crippen molar-refractivity contribution in [1.29, 1.82) is 0 Å². The Kier molecular flexibility index (Phi) is 6.03. The molecule has 3 aromatic carbocycles. The van der Waals surface area contributed by atoms with Crippen LogP contribution in [0.15, 0.2) is 66.7 Å². The SMILES string of the molecule is CNc1ccc(C(=O)Nc2cccc(COc3cccc(F)c3)c2)cc1[N+](=O)[O-]. The second-order valence-electron chi connectivity index (χ2n) is 6.14. The molecule has 0 bridgehead atoms. The van der Waals surface area contributed by atoms with E-state index in [0.29, 0.717) is 17.1 Å². The molecule has 7 nitrogen and oxygen atoms in total. The van der Waals surface area contributed by atoms with Crippen molar-refractivity contribution < 1.29 is 18.8 Å². The number of nitrogens with one attached hydrogen (secondary N) is 2. The Balaban J connectivity index is 1.70. The predicted octanol–water partition coefficient (Wildman–Crippen LogP) is 4.61. The van der Waals surface area contributed by atoms with Crippen molar-refractivity contribution in [2.24, 2.45) is 0 Å². The molecule has 2 N–H and O–H groups in total. The summed E-state index contributed by atoms with van der Waals surface area (Å²) in [6.45, 7) is 0.190. The Morgan fingerprint density at radius 2 is 1.90 bits per heavy atom. The zero-order chi connectivity index (χ0) is 20.8. The first kappa shape index (κ1) is 19.8. The fraction of sp³-hybridized carbons (Fsp3) is 0.0952. The van der Waals surface area contributed by atoms with Crippen molar-refractivity contribution in [1.82, 2.24) is 0 Å². The maximum Gasteiger partial charge on any atom is 0.293 e. The number of rotatable bonds is 7. The molecule has 0 saturated carbocycles. The van der Waals surface area contributed by atoms with Crippen LogP contribution in [-0.4, -0.2) is 17.9 Å². The molecular formula is C21H18FN3O4. The molecular weight excluding hydrogens is 377 g/mol. The van der Waals surface area contributed by atoms with Crippen molar-refractivity contribution in [2.75, 3.05) is 17.7 Å². The van der Waals surface area contributed by atoms with Gasteiger partial charge in [-0.05, 0) is 42.0 Å². The van der Waals surface area contributed by atoms with Crippen molar-refractivity contribution >= 4 is 23.0 Å². The number of hydrogen-bond donors (Lipinski definition) is 2. The minimum atomic E-state index is -0.549. The highest BCUT2D eigenvalue weighted by atomic mass is 19.1. The van der Waals surface area contributed by atoms with Crippen LogP contribution in [0.5, 0.6) is 5.75 Å². The number of carbonyl (C=O) groups excluding carboxylic acids is 1. The number of nitro groups is 1. The van der Waals surface area contributed by atoms with Crippen LogP contribution < -0.4 is 15.4 Å². The molecule has 0 fully saturated rings. The van der Waals surface area contributed by atoms with Gasteiger partial charge in [-0.1, -0.05) is 18.2 Å². The largest absolute Gasteiger partial charge is 0.489 e. The van der Waals surface area contributed by atoms with Gasteiger partial charge in [0.1, 0.15) is 23.9 Å². The Bertz CT molecular complexity index is 1060. The monoisotopic (exact) mass is 395 g/mol. The second kappa shape index (κ2) is 8.83. The molecule has 0 aliphatic rings. The highest BCUT2D eigenvalue weighted by molar-refractivity contribution is 6.05. The molecule has 0 aliphatic heterocycles. The van der Waals surface area contributed by atoms with Gasteiger partial charge in [0.25, 0.3) is 11.6 Å². The van der Waals surface area contributed by atoms with Crippen molar-refractivity contribution in [3.05, 3.63) is 93.8 Å². The fourth-order valence-electron chi connectivity index (χ4n) is 2.70. The van der Waals surface area contributed by atoms with E-state index in [1.807, 2.05) is 6.07 Å². The minimum absolute atomic E-state index is 0.164. The third-order valence-electron chi connectivity index (χ3n) is 4.11. The summed E-state index contributed by atoms with van der Waals surface area (Å²) in [5.74, 6) is -0.461. The molecule has 3 aromatic rings. The summed E-state index contributed by atoms with van der Waals surface area (Å²) in [4.78, 5) is 23.1. The molecule has 0 radical (unpaired) electrons. The average molecular weight is 395 g/mol. The van der Waals surface area contributed by atoms with Gasteiger partial charge in [-0.15, -0.1) is 0 Å². The Hall–Kier alpha value is -3.94. The van der Waals surface area contributed by atoms with Gasteiger partial charge in [-0.25, -0.2) is 4.39 Å². The first-order chi connectivity index (χ1) is 14.0. The van der Waals surface area contributed by atoms with E-state index in [-0.39, 0.29) is 23.7 Å². The van der Waals surface area contributed by atoms with Gasteiger partial charge in [0, 0.05) is 30.4 Å². The summed E-state index contributed by atoms with van der Waals surface area (Å²) in [5.41, 5.74) is 1.58. The standard InChI is InChI=1S/C21H18FN3O4/c1-23-19-9-8-15(11-20(19)25(27)28)21(26)24-17-6-2-4-14(10-17)13-29-18-7-3-5-16(22)12-18/h2-12,23H,13H2,1H3,(H,24,26). The van der Waals surface area contributed by atoms with Crippen LogP contribution in [0.1, 0.15) is 15.9 Å². The topological polar surface area (TPSA) is 93.5 Å². The number of nitro benzene ring substituents is 1. The number of carbonyl (C=O) groups is 1. The van der Waals surface area contributed by atoms with Gasteiger partial charge in [0.05, 0.1) is 4.92 Å². The molecule has 148 valence electrons. The number of amides is 1. The van der Waals surface area contributed by atoms with Gasteiger partial charge >= 0.3 is 0 Å². The first-order valence-electron chi connectivity index (χ1n) is 8.71. The summed E-state index contributed by atoms with van der Waals surface area (Å²) in [6.07, 6.45) is 0. The smallest absolute Gasteiger partial charge is 0.293 e. The fourth-order valence-corrected chi connectivity index (χ4v) is 2.70. The van der Waals surface area contributed by atoms with E-state index in [4.69, 9.17) is 4.74 Å². The predicted molar refractivity (Wildman–Crippen MR) is 108 cm³/mol. The highest BCUT2D eigenvalue weighted by Crippen LogP contribution is 2.25. The normalized spacial score (nSPS) is 10.3. The van der Waals surface area contributed by atoms with Crippen LogP contribution in [0.25, 0.3) is 0 Å². The maximum absolute atomic E-state index is 13.2. The summed E-state index contributed by atoms with van der Waals surface area (Å²) in [5, 5.41) is 16.6. The van der Waals surface area contributed by atoms with E-state index >= 15 is 0 Å². The van der Waals surface area contributed by atoms with Crippen LogP contribution in [0.2, 0.25) is 0 Å². The Morgan fingerprint density at radius 1 is 1.10 bits per heavy atom. The van der Waals surface area contributed by atoms with Crippen molar-refractivity contribution in [3.8, 4) is 5.75 Å². The number of anilines is 2. The Labute approximate surface area is 166 Å². The van der Waals surface area contributed by atoms with E-state index in [1.54, 1.807) is 37.4 Å². The molecule has 0 unspecified atom stereocenters.